The predicted octanol–water partition coefficient (Wildman–Crippen LogP) is 3.16. The Kier molecular flexibility index (Phi) is 5.37. The van der Waals surface area contributed by atoms with E-state index in [1.165, 1.54) is 0 Å². The first-order valence-corrected chi connectivity index (χ1v) is 9.81. The molecule has 1 saturated heterocycles. The van der Waals surface area contributed by atoms with Crippen molar-refractivity contribution < 1.29 is 19.1 Å². The highest BCUT2D eigenvalue weighted by atomic mass is 16.5. The smallest absolute Gasteiger partial charge is 0.325 e. The lowest BCUT2D eigenvalue weighted by atomic mass is 9.64. The minimum Gasteiger partial charge on any atom is -0.494 e. The normalized spacial score (nSPS) is 26.3. The molecule has 2 N–H and O–H groups in total. The van der Waals surface area contributed by atoms with Crippen LogP contribution >= 0.6 is 0 Å². The number of ether oxygens (including phenoxy) is 1. The molecule has 0 unspecified atom stereocenters. The van der Waals surface area contributed by atoms with E-state index in [4.69, 9.17) is 4.74 Å². The molecule has 7 nitrogen and oxygen atoms in total. The summed E-state index contributed by atoms with van der Waals surface area (Å²) in [4.78, 5) is 39.0. The third kappa shape index (κ3) is 4.13. The number of carbonyl (C=O) groups excluding carboxylic acids is 3. The number of urea groups is 1. The summed E-state index contributed by atoms with van der Waals surface area (Å²) >= 11 is 0. The Hall–Kier alpha value is -2.57. The first-order chi connectivity index (χ1) is 13.1. The highest BCUT2D eigenvalue weighted by Gasteiger charge is 2.56. The van der Waals surface area contributed by atoms with Gasteiger partial charge in [0.15, 0.2) is 0 Å². The van der Waals surface area contributed by atoms with E-state index in [0.717, 1.165) is 11.3 Å². The van der Waals surface area contributed by atoms with Crippen LogP contribution in [0.15, 0.2) is 24.3 Å². The van der Waals surface area contributed by atoms with Crippen LogP contribution in [0.5, 0.6) is 5.75 Å². The van der Waals surface area contributed by atoms with Crippen LogP contribution in [-0.4, -0.2) is 41.4 Å². The molecule has 1 aliphatic carbocycles. The van der Waals surface area contributed by atoms with E-state index < -0.39 is 17.5 Å². The molecule has 1 spiro atoms. The fourth-order valence-electron chi connectivity index (χ4n) is 4.79. The summed E-state index contributed by atoms with van der Waals surface area (Å²) in [6, 6.07) is 6.47. The van der Waals surface area contributed by atoms with Crippen LogP contribution in [0.3, 0.4) is 0 Å². The largest absolute Gasteiger partial charge is 0.494 e. The molecule has 152 valence electrons. The topological polar surface area (TPSA) is 87.7 Å². The molecular formula is C21H29N3O4. The first kappa shape index (κ1) is 20.2. The molecule has 2 atom stereocenters. The Morgan fingerprint density at radius 2 is 1.93 bits per heavy atom. The van der Waals surface area contributed by atoms with Crippen molar-refractivity contribution in [3.05, 3.63) is 24.3 Å². The summed E-state index contributed by atoms with van der Waals surface area (Å²) in [5.41, 5.74) is -0.346. The summed E-state index contributed by atoms with van der Waals surface area (Å²) in [5, 5.41) is 5.61. The number of hydrogen-bond donors (Lipinski definition) is 2. The van der Waals surface area contributed by atoms with Gasteiger partial charge in [-0.05, 0) is 61.8 Å². The minimum absolute atomic E-state index is 0.0405. The van der Waals surface area contributed by atoms with Crippen molar-refractivity contribution in [2.24, 2.45) is 11.3 Å². The third-order valence-corrected chi connectivity index (χ3v) is 5.37. The number of carbonyl (C=O) groups is 3. The molecule has 0 bridgehead atoms. The molecule has 1 aromatic rings. The Morgan fingerprint density at radius 1 is 1.25 bits per heavy atom. The van der Waals surface area contributed by atoms with Gasteiger partial charge in [0.05, 0.1) is 6.61 Å². The number of imide groups is 1. The highest BCUT2D eigenvalue weighted by Crippen LogP contribution is 2.46. The van der Waals surface area contributed by atoms with Gasteiger partial charge in [0.25, 0.3) is 5.91 Å². The van der Waals surface area contributed by atoms with Gasteiger partial charge in [-0.2, -0.15) is 0 Å². The van der Waals surface area contributed by atoms with Crippen molar-refractivity contribution in [3.63, 3.8) is 0 Å². The van der Waals surface area contributed by atoms with E-state index in [2.05, 4.69) is 31.4 Å². The summed E-state index contributed by atoms with van der Waals surface area (Å²) in [5.74, 6) is 0.336. The molecule has 2 aliphatic rings. The van der Waals surface area contributed by atoms with Crippen LogP contribution in [0.4, 0.5) is 10.5 Å². The molecule has 3 rings (SSSR count). The molecule has 0 aromatic heterocycles. The highest BCUT2D eigenvalue weighted by molar-refractivity contribution is 6.10. The zero-order chi connectivity index (χ0) is 20.5. The van der Waals surface area contributed by atoms with Crippen molar-refractivity contribution in [1.82, 2.24) is 10.2 Å². The van der Waals surface area contributed by atoms with Gasteiger partial charge in [-0.3, -0.25) is 14.5 Å². The van der Waals surface area contributed by atoms with Gasteiger partial charge in [-0.1, -0.05) is 20.8 Å². The average Bonchev–Trinajstić information content (AvgIpc) is 2.78. The van der Waals surface area contributed by atoms with Crippen LogP contribution in [0.1, 0.15) is 47.0 Å². The third-order valence-electron chi connectivity index (χ3n) is 5.37. The van der Waals surface area contributed by atoms with E-state index in [1.807, 2.05) is 6.92 Å². The maximum absolute atomic E-state index is 13.1. The van der Waals surface area contributed by atoms with E-state index >= 15 is 0 Å². The standard InChI is InChI=1S/C21H29N3O4/c1-5-28-16-8-6-15(7-9-16)22-17(25)12-24-18(26)21(23-19(24)27)11-14(2)10-20(3,4)13-21/h6-9,14H,5,10-13H2,1-4H3,(H,22,25)(H,23,27)/t14-,21+/m0/s1. The predicted molar refractivity (Wildman–Crippen MR) is 106 cm³/mol. The second-order valence-electron chi connectivity index (χ2n) is 8.76. The van der Waals surface area contributed by atoms with Crippen LogP contribution in [0.2, 0.25) is 0 Å². The van der Waals surface area contributed by atoms with Gasteiger partial charge in [0, 0.05) is 5.69 Å². The number of nitrogens with one attached hydrogen (secondary N) is 2. The Bertz CT molecular complexity index is 774. The molecule has 2 fully saturated rings. The minimum atomic E-state index is -0.891. The first-order valence-electron chi connectivity index (χ1n) is 9.81. The molecule has 4 amide bonds. The molecule has 1 aliphatic heterocycles. The zero-order valence-corrected chi connectivity index (χ0v) is 17.0. The van der Waals surface area contributed by atoms with E-state index in [1.54, 1.807) is 24.3 Å². The van der Waals surface area contributed by atoms with Gasteiger partial charge in [-0.25, -0.2) is 4.79 Å². The van der Waals surface area contributed by atoms with E-state index in [9.17, 15) is 14.4 Å². The van der Waals surface area contributed by atoms with Crippen molar-refractivity contribution in [2.45, 2.75) is 52.5 Å². The molecular weight excluding hydrogens is 358 g/mol. The molecule has 7 heteroatoms. The van der Waals surface area contributed by atoms with Crippen LogP contribution < -0.4 is 15.4 Å². The summed E-state index contributed by atoms with van der Waals surface area (Å²) < 4.78 is 5.37. The van der Waals surface area contributed by atoms with Gasteiger partial charge in [0.1, 0.15) is 17.8 Å². The Balaban J connectivity index is 1.66. The van der Waals surface area contributed by atoms with Crippen molar-refractivity contribution in [3.8, 4) is 5.75 Å². The van der Waals surface area contributed by atoms with Crippen molar-refractivity contribution >= 4 is 23.5 Å². The number of nitrogens with zero attached hydrogens (tertiary/aromatic N) is 1. The van der Waals surface area contributed by atoms with Crippen molar-refractivity contribution in [1.29, 1.82) is 0 Å². The molecule has 28 heavy (non-hydrogen) atoms. The lowest BCUT2D eigenvalue weighted by Crippen LogP contribution is -2.54. The lowest BCUT2D eigenvalue weighted by molar-refractivity contribution is -0.136. The average molecular weight is 387 g/mol. The number of rotatable bonds is 5. The number of benzene rings is 1. The maximum atomic E-state index is 13.1. The quantitative estimate of drug-likeness (QED) is 0.760. The molecule has 0 radical (unpaired) electrons. The Labute approximate surface area is 165 Å². The lowest BCUT2D eigenvalue weighted by Gasteiger charge is -2.43. The van der Waals surface area contributed by atoms with Crippen LogP contribution in [0, 0.1) is 11.3 Å². The number of anilines is 1. The van der Waals surface area contributed by atoms with Gasteiger partial charge in [-0.15, -0.1) is 0 Å². The molecule has 1 aromatic carbocycles. The molecule has 1 saturated carbocycles. The van der Waals surface area contributed by atoms with Crippen molar-refractivity contribution in [2.75, 3.05) is 18.5 Å². The van der Waals surface area contributed by atoms with Crippen LogP contribution in [-0.2, 0) is 9.59 Å². The zero-order valence-electron chi connectivity index (χ0n) is 17.0. The fraction of sp³-hybridized carbons (Fsp3) is 0.571. The van der Waals surface area contributed by atoms with Gasteiger partial charge < -0.3 is 15.4 Å². The van der Waals surface area contributed by atoms with Gasteiger partial charge in [0.2, 0.25) is 5.91 Å². The second-order valence-corrected chi connectivity index (χ2v) is 8.76. The van der Waals surface area contributed by atoms with Gasteiger partial charge >= 0.3 is 6.03 Å². The number of hydrogen-bond acceptors (Lipinski definition) is 4. The monoisotopic (exact) mass is 387 g/mol. The van der Waals surface area contributed by atoms with Crippen LogP contribution in [0.25, 0.3) is 0 Å². The maximum Gasteiger partial charge on any atom is 0.325 e. The van der Waals surface area contributed by atoms with E-state index in [0.29, 0.717) is 36.8 Å². The SMILES string of the molecule is CCOc1ccc(NC(=O)CN2C(=O)N[C@@]3(C[C@@H](C)CC(C)(C)C3)C2=O)cc1. The summed E-state index contributed by atoms with van der Waals surface area (Å²) in [6.07, 6.45) is 2.21. The molecule has 1 heterocycles. The fourth-order valence-corrected chi connectivity index (χ4v) is 4.79. The second kappa shape index (κ2) is 7.45. The number of amides is 4. The summed E-state index contributed by atoms with van der Waals surface area (Å²) in [7, 11) is 0. The summed E-state index contributed by atoms with van der Waals surface area (Å²) in [6.45, 7) is 8.50. The Morgan fingerprint density at radius 3 is 2.54 bits per heavy atom. The van der Waals surface area contributed by atoms with E-state index in [-0.39, 0.29) is 17.9 Å².